The number of aryl methyl sites for hydroxylation is 1. The third-order valence-corrected chi connectivity index (χ3v) is 3.11. The molecule has 6 heteroatoms. The normalized spacial score (nSPS) is 10.5. The van der Waals surface area contributed by atoms with Crippen molar-refractivity contribution >= 4 is 11.7 Å². The molecule has 0 saturated carbocycles. The van der Waals surface area contributed by atoms with Crippen LogP contribution in [-0.4, -0.2) is 27.9 Å². The standard InChI is InChI=1S/C15H19N3O3/c1-2-3-13-12(8-10-4-6-11(16)7-5-10)15(18-17-13)21-9-14(19)20/h4-7H,2-3,8-9,16H2,1H3,(H,17,18)(H,19,20). The van der Waals surface area contributed by atoms with E-state index < -0.39 is 12.6 Å². The summed E-state index contributed by atoms with van der Waals surface area (Å²) in [4.78, 5) is 10.6. The first-order valence-corrected chi connectivity index (χ1v) is 6.85. The first-order chi connectivity index (χ1) is 10.1. The van der Waals surface area contributed by atoms with E-state index in [1.165, 1.54) is 0 Å². The second-order valence-electron chi connectivity index (χ2n) is 4.84. The first-order valence-electron chi connectivity index (χ1n) is 6.85. The van der Waals surface area contributed by atoms with Gasteiger partial charge in [-0.05, 0) is 24.1 Å². The lowest BCUT2D eigenvalue weighted by Gasteiger charge is -2.06. The average Bonchev–Trinajstić information content (AvgIpc) is 2.82. The van der Waals surface area contributed by atoms with Crippen LogP contribution >= 0.6 is 0 Å². The number of H-pyrrole nitrogens is 1. The van der Waals surface area contributed by atoms with Crippen LogP contribution in [0.4, 0.5) is 5.69 Å². The molecule has 0 unspecified atom stereocenters. The lowest BCUT2D eigenvalue weighted by molar-refractivity contribution is -0.139. The zero-order chi connectivity index (χ0) is 15.2. The molecule has 1 heterocycles. The van der Waals surface area contributed by atoms with Crippen molar-refractivity contribution < 1.29 is 14.6 Å². The molecule has 0 amide bonds. The van der Waals surface area contributed by atoms with Crippen molar-refractivity contribution in [2.24, 2.45) is 0 Å². The number of anilines is 1. The number of aliphatic carboxylic acids is 1. The van der Waals surface area contributed by atoms with Gasteiger partial charge in [-0.3, -0.25) is 5.10 Å². The average molecular weight is 289 g/mol. The number of carbonyl (C=O) groups is 1. The molecule has 2 aromatic rings. The van der Waals surface area contributed by atoms with Crippen LogP contribution in [0.1, 0.15) is 30.2 Å². The quantitative estimate of drug-likeness (QED) is 0.677. The van der Waals surface area contributed by atoms with Crippen LogP contribution in [0.3, 0.4) is 0 Å². The van der Waals surface area contributed by atoms with E-state index in [1.54, 1.807) is 0 Å². The number of carboxylic acids is 1. The molecule has 1 aromatic carbocycles. The molecule has 0 aliphatic rings. The van der Waals surface area contributed by atoms with Gasteiger partial charge >= 0.3 is 5.97 Å². The van der Waals surface area contributed by atoms with Crippen molar-refractivity contribution in [2.45, 2.75) is 26.2 Å². The number of hydrogen-bond acceptors (Lipinski definition) is 4. The monoisotopic (exact) mass is 289 g/mol. The molecule has 0 aliphatic heterocycles. The van der Waals surface area contributed by atoms with Crippen molar-refractivity contribution in [1.29, 1.82) is 0 Å². The number of carboxylic acid groups (broad SMARTS) is 1. The Morgan fingerprint density at radius 2 is 2.10 bits per heavy atom. The summed E-state index contributed by atoms with van der Waals surface area (Å²) in [6.07, 6.45) is 2.43. The van der Waals surface area contributed by atoms with E-state index in [0.717, 1.165) is 29.7 Å². The molecule has 0 aliphatic carbocycles. The minimum atomic E-state index is -1.02. The molecular weight excluding hydrogens is 270 g/mol. The molecular formula is C15H19N3O3. The van der Waals surface area contributed by atoms with Crippen molar-refractivity contribution in [3.63, 3.8) is 0 Å². The van der Waals surface area contributed by atoms with E-state index >= 15 is 0 Å². The van der Waals surface area contributed by atoms with Crippen LogP contribution < -0.4 is 10.5 Å². The number of aromatic nitrogens is 2. The summed E-state index contributed by atoms with van der Waals surface area (Å²) in [5, 5.41) is 15.7. The number of ether oxygens (including phenoxy) is 1. The largest absolute Gasteiger partial charge is 0.479 e. The Kier molecular flexibility index (Phi) is 4.81. The Balaban J connectivity index is 2.22. The summed E-state index contributed by atoms with van der Waals surface area (Å²) >= 11 is 0. The number of aromatic amines is 1. The van der Waals surface area contributed by atoms with Crippen LogP contribution in [0.2, 0.25) is 0 Å². The van der Waals surface area contributed by atoms with Crippen LogP contribution in [0.15, 0.2) is 24.3 Å². The fourth-order valence-corrected chi connectivity index (χ4v) is 2.11. The third kappa shape index (κ3) is 3.98. The summed E-state index contributed by atoms with van der Waals surface area (Å²) in [6, 6.07) is 7.57. The second kappa shape index (κ2) is 6.78. The van der Waals surface area contributed by atoms with Crippen LogP contribution in [0.25, 0.3) is 0 Å². The number of nitrogens with two attached hydrogens (primary N) is 1. The van der Waals surface area contributed by atoms with E-state index in [2.05, 4.69) is 17.1 Å². The second-order valence-corrected chi connectivity index (χ2v) is 4.84. The number of nitrogens with one attached hydrogen (secondary N) is 1. The number of benzene rings is 1. The zero-order valence-electron chi connectivity index (χ0n) is 11.9. The van der Waals surface area contributed by atoms with Crippen LogP contribution in [0.5, 0.6) is 5.88 Å². The smallest absolute Gasteiger partial charge is 0.341 e. The number of hydrogen-bond donors (Lipinski definition) is 3. The molecule has 1 aromatic heterocycles. The van der Waals surface area contributed by atoms with Crippen molar-refractivity contribution in [1.82, 2.24) is 10.2 Å². The number of nitrogens with zero attached hydrogens (tertiary/aromatic N) is 1. The molecule has 0 atom stereocenters. The predicted octanol–water partition coefficient (Wildman–Crippen LogP) is 2.00. The third-order valence-electron chi connectivity index (χ3n) is 3.11. The maximum absolute atomic E-state index is 10.6. The SMILES string of the molecule is CCCc1[nH]nc(OCC(=O)O)c1Cc1ccc(N)cc1. The highest BCUT2D eigenvalue weighted by molar-refractivity contribution is 5.68. The highest BCUT2D eigenvalue weighted by Gasteiger charge is 2.15. The number of nitrogen functional groups attached to an aromatic ring is 1. The summed E-state index contributed by atoms with van der Waals surface area (Å²) in [5.74, 6) is -0.661. The molecule has 2 rings (SSSR count). The molecule has 6 nitrogen and oxygen atoms in total. The van der Waals surface area contributed by atoms with Gasteiger partial charge in [0.25, 0.3) is 0 Å². The van der Waals surface area contributed by atoms with Crippen LogP contribution in [0, 0.1) is 0 Å². The number of rotatable bonds is 7. The lowest BCUT2D eigenvalue weighted by Crippen LogP contribution is -2.10. The fourth-order valence-electron chi connectivity index (χ4n) is 2.11. The maximum atomic E-state index is 10.6. The van der Waals surface area contributed by atoms with Gasteiger partial charge in [0.2, 0.25) is 5.88 Å². The summed E-state index contributed by atoms with van der Waals surface area (Å²) in [5.41, 5.74) is 9.35. The van der Waals surface area contributed by atoms with Gasteiger partial charge in [-0.1, -0.05) is 25.5 Å². The highest BCUT2D eigenvalue weighted by Crippen LogP contribution is 2.24. The van der Waals surface area contributed by atoms with Gasteiger partial charge in [0.15, 0.2) is 6.61 Å². The van der Waals surface area contributed by atoms with E-state index in [9.17, 15) is 4.79 Å². The molecule has 0 bridgehead atoms. The topological polar surface area (TPSA) is 101 Å². The van der Waals surface area contributed by atoms with Gasteiger partial charge in [-0.25, -0.2) is 4.79 Å². The maximum Gasteiger partial charge on any atom is 0.341 e. The minimum Gasteiger partial charge on any atom is -0.479 e. The van der Waals surface area contributed by atoms with Crippen molar-refractivity contribution in [3.8, 4) is 5.88 Å². The van der Waals surface area contributed by atoms with Gasteiger partial charge in [0.05, 0.1) is 0 Å². The Morgan fingerprint density at radius 1 is 1.38 bits per heavy atom. The summed E-state index contributed by atoms with van der Waals surface area (Å²) < 4.78 is 5.25. The van der Waals surface area contributed by atoms with Gasteiger partial charge < -0.3 is 15.6 Å². The van der Waals surface area contributed by atoms with Crippen LogP contribution in [-0.2, 0) is 17.6 Å². The molecule has 4 N–H and O–H groups in total. The minimum absolute atomic E-state index is 0.359. The Bertz CT molecular complexity index is 605. The van der Waals surface area contributed by atoms with Gasteiger partial charge in [0, 0.05) is 23.4 Å². The Labute approximate surface area is 122 Å². The van der Waals surface area contributed by atoms with Gasteiger partial charge in [0.1, 0.15) is 0 Å². The summed E-state index contributed by atoms with van der Waals surface area (Å²) in [6.45, 7) is 1.68. The molecule has 0 spiro atoms. The molecule has 0 radical (unpaired) electrons. The predicted molar refractivity (Wildman–Crippen MR) is 79.4 cm³/mol. The molecule has 112 valence electrons. The van der Waals surface area contributed by atoms with E-state index in [1.807, 2.05) is 24.3 Å². The van der Waals surface area contributed by atoms with Gasteiger partial charge in [-0.15, -0.1) is 5.10 Å². The summed E-state index contributed by atoms with van der Waals surface area (Å²) in [7, 11) is 0. The highest BCUT2D eigenvalue weighted by atomic mass is 16.5. The molecule has 0 fully saturated rings. The zero-order valence-corrected chi connectivity index (χ0v) is 11.9. The van der Waals surface area contributed by atoms with E-state index in [-0.39, 0.29) is 0 Å². The van der Waals surface area contributed by atoms with E-state index in [0.29, 0.717) is 18.0 Å². The molecule has 0 saturated heterocycles. The van der Waals surface area contributed by atoms with Gasteiger partial charge in [-0.2, -0.15) is 0 Å². The Hall–Kier alpha value is -2.50. The molecule has 21 heavy (non-hydrogen) atoms. The lowest BCUT2D eigenvalue weighted by atomic mass is 10.0. The first kappa shape index (κ1) is 14.9. The Morgan fingerprint density at radius 3 is 2.71 bits per heavy atom. The van der Waals surface area contributed by atoms with Crippen molar-refractivity contribution in [2.75, 3.05) is 12.3 Å². The fraction of sp³-hybridized carbons (Fsp3) is 0.333. The van der Waals surface area contributed by atoms with Crippen molar-refractivity contribution in [3.05, 3.63) is 41.1 Å². The van der Waals surface area contributed by atoms with E-state index in [4.69, 9.17) is 15.6 Å².